The van der Waals surface area contributed by atoms with E-state index in [4.69, 9.17) is 5.73 Å². The Balaban J connectivity index is 3.58. The van der Waals surface area contributed by atoms with E-state index in [0.29, 0.717) is 0 Å². The maximum absolute atomic E-state index is 5.42. The lowest BCUT2D eigenvalue weighted by Crippen LogP contribution is -2.31. The summed E-state index contributed by atoms with van der Waals surface area (Å²) in [4.78, 5) is 0. The van der Waals surface area contributed by atoms with E-state index >= 15 is 0 Å². The first kappa shape index (κ1) is 12.9. The molecule has 0 saturated heterocycles. The quantitative estimate of drug-likeness (QED) is 0.596. The van der Waals surface area contributed by atoms with Crippen molar-refractivity contribution in [2.45, 2.75) is 34.1 Å². The van der Waals surface area contributed by atoms with E-state index in [1.54, 1.807) is 0 Å². The van der Waals surface area contributed by atoms with Crippen molar-refractivity contribution in [3.8, 4) is 0 Å². The van der Waals surface area contributed by atoms with Gasteiger partial charge in [-0.2, -0.15) is 0 Å². The van der Waals surface area contributed by atoms with Crippen LogP contribution in [-0.2, 0) is 0 Å². The fourth-order valence-corrected chi connectivity index (χ4v) is 1.74. The minimum absolute atomic E-state index is 0.769. The number of rotatable bonds is 7. The predicted octanol–water partition coefficient (Wildman–Crippen LogP) is 1.85. The first-order valence-corrected chi connectivity index (χ1v) is 5.50. The zero-order valence-corrected chi connectivity index (χ0v) is 9.64. The molecule has 0 spiro atoms. The van der Waals surface area contributed by atoms with Gasteiger partial charge in [-0.25, -0.2) is 0 Å². The molecule has 0 amide bonds. The third-order valence-electron chi connectivity index (χ3n) is 2.65. The molecular weight excluding hydrogens is 160 g/mol. The Bertz CT molecular complexity index is 103. The highest BCUT2D eigenvalue weighted by Crippen LogP contribution is 2.19. The molecule has 0 unspecified atom stereocenters. The molecule has 0 saturated carbocycles. The zero-order valence-electron chi connectivity index (χ0n) is 9.64. The number of hydrogen-bond donors (Lipinski definition) is 2. The summed E-state index contributed by atoms with van der Waals surface area (Å²) in [5.74, 6) is 2.33. The molecule has 2 heteroatoms. The molecule has 0 aromatic carbocycles. The minimum atomic E-state index is 0.769. The van der Waals surface area contributed by atoms with Gasteiger partial charge in [0, 0.05) is 0 Å². The molecule has 0 aliphatic heterocycles. The second-order valence-corrected chi connectivity index (χ2v) is 4.50. The second-order valence-electron chi connectivity index (χ2n) is 4.50. The van der Waals surface area contributed by atoms with Crippen LogP contribution in [0.2, 0.25) is 0 Å². The Kier molecular flexibility index (Phi) is 7.29. The molecular formula is C11H26N2. The molecule has 0 radical (unpaired) electrons. The van der Waals surface area contributed by atoms with E-state index in [1.807, 2.05) is 0 Å². The van der Waals surface area contributed by atoms with E-state index in [9.17, 15) is 0 Å². The average molecular weight is 186 g/mol. The summed E-state index contributed by atoms with van der Waals surface area (Å²) < 4.78 is 0. The van der Waals surface area contributed by atoms with Gasteiger partial charge in [-0.15, -0.1) is 0 Å². The van der Waals surface area contributed by atoms with Gasteiger partial charge in [0.2, 0.25) is 0 Å². The Hall–Kier alpha value is -0.0800. The molecule has 0 aromatic heterocycles. The summed E-state index contributed by atoms with van der Waals surface area (Å²) >= 11 is 0. The number of hydrogen-bond acceptors (Lipinski definition) is 2. The van der Waals surface area contributed by atoms with Crippen molar-refractivity contribution < 1.29 is 0 Å². The molecule has 2 nitrogen and oxygen atoms in total. The fraction of sp³-hybridized carbons (Fsp3) is 1.00. The van der Waals surface area contributed by atoms with Gasteiger partial charge in [-0.05, 0) is 43.8 Å². The van der Waals surface area contributed by atoms with Gasteiger partial charge in [0.05, 0.1) is 0 Å². The van der Waals surface area contributed by atoms with Crippen molar-refractivity contribution in [3.63, 3.8) is 0 Å². The molecule has 13 heavy (non-hydrogen) atoms. The third kappa shape index (κ3) is 6.05. The zero-order chi connectivity index (χ0) is 10.3. The largest absolute Gasteiger partial charge is 0.330 e. The Morgan fingerprint density at radius 1 is 1.08 bits per heavy atom. The number of nitrogens with two attached hydrogens (primary N) is 1. The molecule has 0 fully saturated rings. The van der Waals surface area contributed by atoms with Gasteiger partial charge < -0.3 is 11.1 Å². The van der Waals surface area contributed by atoms with Crippen LogP contribution >= 0.6 is 0 Å². The molecule has 0 atom stereocenters. The maximum Gasteiger partial charge on any atom is -0.00156 e. The topological polar surface area (TPSA) is 38.0 Å². The van der Waals surface area contributed by atoms with Crippen molar-refractivity contribution in [2.24, 2.45) is 23.5 Å². The van der Waals surface area contributed by atoms with Crippen LogP contribution in [0.3, 0.4) is 0 Å². The Labute approximate surface area is 83.3 Å². The summed E-state index contributed by atoms with van der Waals surface area (Å²) in [6.07, 6.45) is 1.09. The van der Waals surface area contributed by atoms with Crippen LogP contribution in [-0.4, -0.2) is 19.6 Å². The Morgan fingerprint density at radius 2 is 1.62 bits per heavy atom. The van der Waals surface area contributed by atoms with E-state index in [0.717, 1.165) is 43.8 Å². The molecule has 0 heterocycles. The van der Waals surface area contributed by atoms with Crippen LogP contribution in [0.15, 0.2) is 0 Å². The van der Waals surface area contributed by atoms with Crippen molar-refractivity contribution in [2.75, 3.05) is 19.6 Å². The summed E-state index contributed by atoms with van der Waals surface area (Å²) in [7, 11) is 0. The third-order valence-corrected chi connectivity index (χ3v) is 2.65. The summed E-state index contributed by atoms with van der Waals surface area (Å²) in [6, 6.07) is 0. The van der Waals surface area contributed by atoms with Gasteiger partial charge in [0.15, 0.2) is 0 Å². The highest BCUT2D eigenvalue weighted by molar-refractivity contribution is 4.69. The first-order chi connectivity index (χ1) is 6.09. The smallest absolute Gasteiger partial charge is 0.00156 e. The monoisotopic (exact) mass is 186 g/mol. The van der Waals surface area contributed by atoms with Crippen LogP contribution in [0.5, 0.6) is 0 Å². The lowest BCUT2D eigenvalue weighted by Gasteiger charge is -2.25. The highest BCUT2D eigenvalue weighted by atomic mass is 14.9. The van der Waals surface area contributed by atoms with Crippen LogP contribution in [0.4, 0.5) is 0 Å². The van der Waals surface area contributed by atoms with E-state index < -0.39 is 0 Å². The van der Waals surface area contributed by atoms with Gasteiger partial charge in [0.25, 0.3) is 0 Å². The summed E-state index contributed by atoms with van der Waals surface area (Å²) in [5, 5.41) is 3.47. The average Bonchev–Trinajstić information content (AvgIpc) is 2.02. The van der Waals surface area contributed by atoms with Crippen molar-refractivity contribution in [3.05, 3.63) is 0 Å². The normalized spacial score (nSPS) is 12.0. The van der Waals surface area contributed by atoms with Gasteiger partial charge in [0.1, 0.15) is 0 Å². The Morgan fingerprint density at radius 3 is 2.00 bits per heavy atom. The minimum Gasteiger partial charge on any atom is -0.330 e. The van der Waals surface area contributed by atoms with E-state index in [-0.39, 0.29) is 0 Å². The molecule has 0 rings (SSSR count). The van der Waals surface area contributed by atoms with Crippen molar-refractivity contribution >= 4 is 0 Å². The predicted molar refractivity (Wildman–Crippen MR) is 59.7 cm³/mol. The van der Waals surface area contributed by atoms with E-state index in [2.05, 4.69) is 33.0 Å². The molecule has 0 bridgehead atoms. The van der Waals surface area contributed by atoms with Gasteiger partial charge in [-0.1, -0.05) is 27.7 Å². The standard InChI is InChI=1S/C11H26N2/c1-9(2)11(10(3)4)8-13-7-5-6-12/h9-11,13H,5-8,12H2,1-4H3. The maximum atomic E-state index is 5.42. The lowest BCUT2D eigenvalue weighted by molar-refractivity contribution is 0.276. The lowest BCUT2D eigenvalue weighted by atomic mass is 9.85. The molecule has 0 aliphatic carbocycles. The van der Waals surface area contributed by atoms with Crippen molar-refractivity contribution in [1.29, 1.82) is 0 Å². The number of nitrogens with one attached hydrogen (secondary N) is 1. The van der Waals surface area contributed by atoms with Crippen LogP contribution in [0.1, 0.15) is 34.1 Å². The second kappa shape index (κ2) is 7.34. The van der Waals surface area contributed by atoms with Crippen LogP contribution in [0, 0.1) is 17.8 Å². The molecule has 0 aromatic rings. The van der Waals surface area contributed by atoms with E-state index in [1.165, 1.54) is 0 Å². The molecule has 0 aliphatic rings. The van der Waals surface area contributed by atoms with Gasteiger partial charge in [-0.3, -0.25) is 0 Å². The van der Waals surface area contributed by atoms with Crippen molar-refractivity contribution in [1.82, 2.24) is 5.32 Å². The summed E-state index contributed by atoms with van der Waals surface area (Å²) in [5.41, 5.74) is 5.42. The van der Waals surface area contributed by atoms with Crippen LogP contribution < -0.4 is 11.1 Å². The SMILES string of the molecule is CC(C)C(CNCCCN)C(C)C. The molecule has 80 valence electrons. The van der Waals surface area contributed by atoms with Gasteiger partial charge >= 0.3 is 0 Å². The summed E-state index contributed by atoms with van der Waals surface area (Å²) in [6.45, 7) is 12.2. The fourth-order valence-electron chi connectivity index (χ4n) is 1.74. The molecule has 3 N–H and O–H groups in total. The highest BCUT2D eigenvalue weighted by Gasteiger charge is 2.16. The first-order valence-electron chi connectivity index (χ1n) is 5.50. The van der Waals surface area contributed by atoms with Crippen LogP contribution in [0.25, 0.3) is 0 Å².